The van der Waals surface area contributed by atoms with Gasteiger partial charge in [0.15, 0.2) is 6.61 Å². The highest BCUT2D eigenvalue weighted by atomic mass is 32.2. The van der Waals surface area contributed by atoms with E-state index < -0.39 is 82.9 Å². The molecule has 0 spiro atoms. The van der Waals surface area contributed by atoms with Crippen LogP contribution in [0, 0.1) is 23.7 Å². The third kappa shape index (κ3) is 3.38. The maximum absolute atomic E-state index is 12.9. The SMILES string of the molecule is O=C(CCOC(=O)C1C2CC3C(OC(=O)C31)C2O)OCC(F)(F)S(=O)(=O)O. The van der Waals surface area contributed by atoms with Crippen LogP contribution in [0.5, 0.6) is 0 Å². The van der Waals surface area contributed by atoms with Gasteiger partial charge in [0.1, 0.15) is 12.7 Å². The number of ether oxygens (including phenoxy) is 3. The highest BCUT2D eigenvalue weighted by Crippen LogP contribution is 2.57. The number of carbonyl (C=O) groups is 3. The first-order valence-electron chi connectivity index (χ1n) is 7.99. The number of aliphatic hydroxyl groups is 1. The fourth-order valence-electron chi connectivity index (χ4n) is 3.98. The van der Waals surface area contributed by atoms with Crippen LogP contribution in [0.2, 0.25) is 0 Å². The number of halogens is 2. The third-order valence-electron chi connectivity index (χ3n) is 5.18. The van der Waals surface area contributed by atoms with Crippen molar-refractivity contribution in [2.75, 3.05) is 13.2 Å². The van der Waals surface area contributed by atoms with Gasteiger partial charge in [0.2, 0.25) is 0 Å². The van der Waals surface area contributed by atoms with Crippen molar-refractivity contribution in [3.8, 4) is 0 Å². The van der Waals surface area contributed by atoms with Gasteiger partial charge < -0.3 is 19.3 Å². The summed E-state index contributed by atoms with van der Waals surface area (Å²) in [6, 6.07) is 0. The molecule has 2 bridgehead atoms. The van der Waals surface area contributed by atoms with Crippen LogP contribution in [0.25, 0.3) is 0 Å². The van der Waals surface area contributed by atoms with E-state index in [0.29, 0.717) is 6.42 Å². The molecule has 3 fully saturated rings. The average molecular weight is 414 g/mol. The van der Waals surface area contributed by atoms with Crippen LogP contribution in [0.4, 0.5) is 8.78 Å². The van der Waals surface area contributed by atoms with Crippen molar-refractivity contribution < 1.29 is 55.5 Å². The predicted octanol–water partition coefficient (Wildman–Crippen LogP) is -0.888. The summed E-state index contributed by atoms with van der Waals surface area (Å²) in [7, 11) is -5.73. The first-order chi connectivity index (χ1) is 12.4. The molecular formula is C14H16F2O10S. The third-order valence-corrected chi connectivity index (χ3v) is 6.05. The Kier molecular flexibility index (Phi) is 4.89. The van der Waals surface area contributed by atoms with Gasteiger partial charge in [-0.05, 0) is 6.42 Å². The van der Waals surface area contributed by atoms with E-state index in [2.05, 4.69) is 4.74 Å². The molecule has 0 aromatic carbocycles. The van der Waals surface area contributed by atoms with E-state index in [1.165, 1.54) is 0 Å². The molecular weight excluding hydrogens is 398 g/mol. The zero-order valence-electron chi connectivity index (χ0n) is 13.6. The molecule has 1 heterocycles. The number of alkyl halides is 2. The molecule has 2 saturated carbocycles. The van der Waals surface area contributed by atoms with Crippen LogP contribution < -0.4 is 0 Å². The summed E-state index contributed by atoms with van der Waals surface area (Å²) in [5.41, 5.74) is 0. The van der Waals surface area contributed by atoms with Crippen molar-refractivity contribution in [2.24, 2.45) is 23.7 Å². The molecule has 0 radical (unpaired) electrons. The molecule has 6 unspecified atom stereocenters. The Bertz CT molecular complexity index is 766. The molecule has 10 nitrogen and oxygen atoms in total. The number of hydrogen-bond acceptors (Lipinski definition) is 9. The monoisotopic (exact) mass is 414 g/mol. The van der Waals surface area contributed by atoms with Gasteiger partial charge in [0, 0.05) is 11.8 Å². The van der Waals surface area contributed by atoms with Crippen molar-refractivity contribution in [3.63, 3.8) is 0 Å². The Morgan fingerprint density at radius 1 is 1.26 bits per heavy atom. The number of rotatable bonds is 7. The number of esters is 3. The van der Waals surface area contributed by atoms with E-state index in [1.54, 1.807) is 0 Å². The van der Waals surface area contributed by atoms with E-state index in [-0.39, 0.29) is 5.92 Å². The van der Waals surface area contributed by atoms with Crippen LogP contribution in [0.3, 0.4) is 0 Å². The van der Waals surface area contributed by atoms with Gasteiger partial charge in [-0.15, -0.1) is 0 Å². The largest absolute Gasteiger partial charge is 0.465 e. The molecule has 0 aromatic heterocycles. The van der Waals surface area contributed by atoms with Crippen LogP contribution in [-0.4, -0.2) is 66.7 Å². The quantitative estimate of drug-likeness (QED) is 0.305. The summed E-state index contributed by atoms with van der Waals surface area (Å²) in [6.45, 7) is -2.43. The van der Waals surface area contributed by atoms with Crippen LogP contribution in [-0.2, 0) is 38.7 Å². The van der Waals surface area contributed by atoms with E-state index >= 15 is 0 Å². The van der Waals surface area contributed by atoms with E-state index in [9.17, 15) is 36.7 Å². The van der Waals surface area contributed by atoms with E-state index in [4.69, 9.17) is 14.0 Å². The Balaban J connectivity index is 1.47. The summed E-state index contributed by atoms with van der Waals surface area (Å²) in [4.78, 5) is 35.4. The molecule has 6 atom stereocenters. The average Bonchev–Trinajstić information content (AvgIpc) is 3.16. The van der Waals surface area contributed by atoms with Gasteiger partial charge in [0.25, 0.3) is 0 Å². The summed E-state index contributed by atoms with van der Waals surface area (Å²) in [5, 5.41) is 5.41. The van der Waals surface area contributed by atoms with Gasteiger partial charge in [-0.3, -0.25) is 18.9 Å². The number of hydrogen-bond donors (Lipinski definition) is 2. The van der Waals surface area contributed by atoms with Crippen LogP contribution in [0.15, 0.2) is 0 Å². The van der Waals surface area contributed by atoms with Crippen molar-refractivity contribution in [1.29, 1.82) is 0 Å². The normalized spacial score (nSPS) is 34.4. The lowest BCUT2D eigenvalue weighted by Gasteiger charge is -2.26. The number of fused-ring (bicyclic) bond motifs is 1. The fraction of sp³-hybridized carbons (Fsp3) is 0.786. The molecule has 1 saturated heterocycles. The second-order valence-electron chi connectivity index (χ2n) is 6.70. The van der Waals surface area contributed by atoms with E-state index in [1.807, 2.05) is 0 Å². The Hall–Kier alpha value is -1.86. The molecule has 2 N–H and O–H groups in total. The summed E-state index contributed by atoms with van der Waals surface area (Å²) >= 11 is 0. The zero-order chi connectivity index (χ0) is 20.1. The standard InChI is InChI=1S/C14H16F2O10S/c15-14(16,27(21,22)23)4-25-7(17)1-2-24-12(19)8-5-3-6-9(8)13(20)26-11(6)10(5)18/h5-6,8-11,18H,1-4H2,(H,21,22,23). The molecule has 152 valence electrons. The lowest BCUT2D eigenvalue weighted by atomic mass is 9.78. The minimum atomic E-state index is -5.73. The zero-order valence-corrected chi connectivity index (χ0v) is 14.4. The van der Waals surface area contributed by atoms with Gasteiger partial charge in [-0.25, -0.2) is 0 Å². The van der Waals surface area contributed by atoms with Crippen molar-refractivity contribution >= 4 is 28.0 Å². The first-order valence-corrected chi connectivity index (χ1v) is 9.44. The molecule has 3 aliphatic rings. The topological polar surface area (TPSA) is 154 Å². The van der Waals surface area contributed by atoms with Gasteiger partial charge in [0.05, 0.1) is 24.4 Å². The second-order valence-corrected chi connectivity index (χ2v) is 8.25. The molecule has 3 rings (SSSR count). The molecule has 1 aliphatic heterocycles. The van der Waals surface area contributed by atoms with Gasteiger partial charge in [-0.2, -0.15) is 17.2 Å². The molecule has 0 amide bonds. The smallest absolute Gasteiger partial charge is 0.402 e. The minimum Gasteiger partial charge on any atom is -0.465 e. The number of carbonyl (C=O) groups excluding carboxylic acids is 3. The number of aliphatic hydroxyl groups excluding tert-OH is 1. The second kappa shape index (κ2) is 6.63. The van der Waals surface area contributed by atoms with Crippen molar-refractivity contribution in [3.05, 3.63) is 0 Å². The lowest BCUT2D eigenvalue weighted by molar-refractivity contribution is -0.159. The summed E-state index contributed by atoms with van der Waals surface area (Å²) in [6.07, 6.45) is -1.79. The molecule has 27 heavy (non-hydrogen) atoms. The maximum Gasteiger partial charge on any atom is 0.402 e. The predicted molar refractivity (Wildman–Crippen MR) is 77.5 cm³/mol. The summed E-state index contributed by atoms with van der Waals surface area (Å²) < 4.78 is 68.9. The molecule has 2 aliphatic carbocycles. The van der Waals surface area contributed by atoms with Crippen LogP contribution in [0.1, 0.15) is 12.8 Å². The van der Waals surface area contributed by atoms with Crippen molar-refractivity contribution in [1.82, 2.24) is 0 Å². The highest BCUT2D eigenvalue weighted by Gasteiger charge is 2.68. The van der Waals surface area contributed by atoms with E-state index in [0.717, 1.165) is 0 Å². The Morgan fingerprint density at radius 3 is 2.56 bits per heavy atom. The van der Waals surface area contributed by atoms with Crippen LogP contribution >= 0.6 is 0 Å². The lowest BCUT2D eigenvalue weighted by Crippen LogP contribution is -2.41. The summed E-state index contributed by atoms with van der Waals surface area (Å²) in [5.74, 6) is -5.06. The van der Waals surface area contributed by atoms with Gasteiger partial charge in [-0.1, -0.05) is 0 Å². The highest BCUT2D eigenvalue weighted by molar-refractivity contribution is 7.86. The Labute approximate surface area is 151 Å². The minimum absolute atomic E-state index is 0.261. The maximum atomic E-state index is 12.9. The Morgan fingerprint density at radius 2 is 1.93 bits per heavy atom. The molecule has 13 heteroatoms. The van der Waals surface area contributed by atoms with Crippen molar-refractivity contribution in [2.45, 2.75) is 30.3 Å². The molecule has 0 aromatic rings. The fourth-order valence-corrected chi connectivity index (χ4v) is 4.19. The first kappa shape index (κ1) is 19.9. The van der Waals surface area contributed by atoms with Gasteiger partial charge >= 0.3 is 33.3 Å².